The number of ether oxygens (including phenoxy) is 2. The van der Waals surface area contributed by atoms with E-state index >= 15 is 0 Å². The van der Waals surface area contributed by atoms with E-state index in [9.17, 15) is 5.11 Å². The zero-order valence-corrected chi connectivity index (χ0v) is 17.7. The number of para-hydroxylation sites is 1. The van der Waals surface area contributed by atoms with Gasteiger partial charge in [-0.1, -0.05) is 42.5 Å². The lowest BCUT2D eigenvalue weighted by Gasteiger charge is -2.41. The average Bonchev–Trinajstić information content (AvgIpc) is 2.76. The summed E-state index contributed by atoms with van der Waals surface area (Å²) in [5.41, 5.74) is 2.54. The minimum Gasteiger partial charge on any atom is -0.493 e. The van der Waals surface area contributed by atoms with E-state index in [2.05, 4.69) is 46.2 Å². The number of aliphatic hydroxyl groups excluding tert-OH is 1. The Morgan fingerprint density at radius 3 is 2.55 bits per heavy atom. The van der Waals surface area contributed by atoms with Crippen molar-refractivity contribution in [3.05, 3.63) is 59.7 Å². The number of hydrogen-bond acceptors (Lipinski definition) is 5. The third-order valence-corrected chi connectivity index (χ3v) is 5.78. The van der Waals surface area contributed by atoms with Crippen molar-refractivity contribution in [2.45, 2.75) is 31.8 Å². The van der Waals surface area contributed by atoms with E-state index in [0.717, 1.165) is 69.0 Å². The molecular formula is C24H34N2O3. The lowest BCUT2D eigenvalue weighted by molar-refractivity contribution is 0.0543. The summed E-state index contributed by atoms with van der Waals surface area (Å²) in [6.45, 7) is 5.16. The molecule has 0 spiro atoms. The van der Waals surface area contributed by atoms with Crippen LogP contribution in [0.4, 0.5) is 0 Å². The average molecular weight is 399 g/mol. The van der Waals surface area contributed by atoms with Crippen LogP contribution in [-0.4, -0.2) is 68.0 Å². The fraction of sp³-hybridized carbons (Fsp3) is 0.500. The van der Waals surface area contributed by atoms with E-state index in [-0.39, 0.29) is 6.61 Å². The molecule has 29 heavy (non-hydrogen) atoms. The third kappa shape index (κ3) is 5.95. The van der Waals surface area contributed by atoms with Crippen LogP contribution in [0, 0.1) is 0 Å². The van der Waals surface area contributed by atoms with Crippen LogP contribution in [0.2, 0.25) is 0 Å². The molecule has 1 atom stereocenters. The van der Waals surface area contributed by atoms with Gasteiger partial charge < -0.3 is 14.6 Å². The van der Waals surface area contributed by atoms with Gasteiger partial charge in [-0.2, -0.15) is 0 Å². The molecule has 0 bridgehead atoms. The molecule has 1 heterocycles. The molecule has 158 valence electrons. The normalized spacial score (nSPS) is 18.0. The maximum Gasteiger partial charge on any atom is 0.165 e. The lowest BCUT2D eigenvalue weighted by Crippen LogP contribution is -2.53. The van der Waals surface area contributed by atoms with Gasteiger partial charge >= 0.3 is 0 Å². The lowest BCUT2D eigenvalue weighted by atomic mass is 10.0. The molecule has 1 saturated heterocycles. The number of nitrogens with zero attached hydrogens (tertiary/aromatic N) is 2. The van der Waals surface area contributed by atoms with E-state index < -0.39 is 0 Å². The van der Waals surface area contributed by atoms with Crippen molar-refractivity contribution >= 4 is 0 Å². The predicted molar refractivity (Wildman–Crippen MR) is 117 cm³/mol. The Hall–Kier alpha value is -2.08. The SMILES string of the molecule is COc1cccc(CN2CCN(CCCc3ccccc3)[C@H](CCO)C2)c1OC. The molecule has 0 aromatic heterocycles. The van der Waals surface area contributed by atoms with E-state index in [1.807, 2.05) is 12.1 Å². The molecule has 1 aliphatic rings. The molecule has 0 radical (unpaired) electrons. The van der Waals surface area contributed by atoms with Crippen LogP contribution in [0.3, 0.4) is 0 Å². The van der Waals surface area contributed by atoms with Crippen molar-refractivity contribution < 1.29 is 14.6 Å². The van der Waals surface area contributed by atoms with Crippen LogP contribution in [0.15, 0.2) is 48.5 Å². The minimum atomic E-state index is 0.232. The molecule has 1 aliphatic heterocycles. The molecule has 0 unspecified atom stereocenters. The van der Waals surface area contributed by atoms with Gasteiger partial charge in [0.15, 0.2) is 11.5 Å². The maximum absolute atomic E-state index is 9.58. The Labute approximate surface area is 174 Å². The van der Waals surface area contributed by atoms with Crippen LogP contribution < -0.4 is 9.47 Å². The smallest absolute Gasteiger partial charge is 0.165 e. The maximum atomic E-state index is 9.58. The number of aryl methyl sites for hydroxylation is 1. The fourth-order valence-corrected chi connectivity index (χ4v) is 4.27. The number of rotatable bonds is 10. The number of benzene rings is 2. The molecule has 0 saturated carbocycles. The first-order chi connectivity index (χ1) is 14.2. The number of piperazine rings is 1. The van der Waals surface area contributed by atoms with Gasteiger partial charge in [-0.3, -0.25) is 9.80 Å². The van der Waals surface area contributed by atoms with E-state index in [1.165, 1.54) is 5.56 Å². The van der Waals surface area contributed by atoms with Crippen molar-refractivity contribution in [3.63, 3.8) is 0 Å². The van der Waals surface area contributed by atoms with Gasteiger partial charge in [0.25, 0.3) is 0 Å². The molecule has 1 N–H and O–H groups in total. The molecule has 2 aromatic carbocycles. The first kappa shape index (κ1) is 21.6. The second kappa shape index (κ2) is 11.2. The second-order valence-electron chi connectivity index (χ2n) is 7.68. The first-order valence-electron chi connectivity index (χ1n) is 10.6. The molecular weight excluding hydrogens is 364 g/mol. The highest BCUT2D eigenvalue weighted by Gasteiger charge is 2.27. The zero-order chi connectivity index (χ0) is 20.5. The standard InChI is InChI=1S/C24H34N2O3/c1-28-23-12-6-11-21(24(23)29-2)18-25-15-16-26(22(19-25)13-17-27)14-7-10-20-8-4-3-5-9-20/h3-6,8-9,11-12,22,27H,7,10,13-19H2,1-2H3/t22-/m1/s1. The number of aliphatic hydroxyl groups is 1. The van der Waals surface area contributed by atoms with E-state index in [4.69, 9.17) is 9.47 Å². The molecule has 5 nitrogen and oxygen atoms in total. The topological polar surface area (TPSA) is 45.2 Å². The van der Waals surface area contributed by atoms with E-state index in [0.29, 0.717) is 6.04 Å². The van der Waals surface area contributed by atoms with Gasteiger partial charge in [0.1, 0.15) is 0 Å². The van der Waals surface area contributed by atoms with Crippen LogP contribution >= 0.6 is 0 Å². The van der Waals surface area contributed by atoms with Crippen molar-refractivity contribution in [3.8, 4) is 11.5 Å². The Balaban J connectivity index is 1.57. The first-order valence-corrected chi connectivity index (χ1v) is 10.6. The molecule has 3 rings (SSSR count). The second-order valence-corrected chi connectivity index (χ2v) is 7.68. The highest BCUT2D eigenvalue weighted by molar-refractivity contribution is 5.46. The van der Waals surface area contributed by atoms with Crippen molar-refractivity contribution in [1.29, 1.82) is 0 Å². The predicted octanol–water partition coefficient (Wildman–Crippen LogP) is 3.21. The summed E-state index contributed by atoms with van der Waals surface area (Å²) in [5, 5.41) is 9.58. The van der Waals surface area contributed by atoms with Gasteiger partial charge in [-0.05, 0) is 37.4 Å². The van der Waals surface area contributed by atoms with Crippen molar-refractivity contribution in [1.82, 2.24) is 9.80 Å². The molecule has 1 fully saturated rings. The summed E-state index contributed by atoms with van der Waals surface area (Å²) in [6.07, 6.45) is 3.07. The summed E-state index contributed by atoms with van der Waals surface area (Å²) < 4.78 is 11.0. The monoisotopic (exact) mass is 398 g/mol. The summed E-state index contributed by atoms with van der Waals surface area (Å²) in [4.78, 5) is 5.02. The van der Waals surface area contributed by atoms with Gasteiger partial charge in [-0.15, -0.1) is 0 Å². The van der Waals surface area contributed by atoms with Crippen LogP contribution in [0.25, 0.3) is 0 Å². The van der Waals surface area contributed by atoms with Crippen LogP contribution in [-0.2, 0) is 13.0 Å². The Kier molecular flexibility index (Phi) is 8.35. The zero-order valence-electron chi connectivity index (χ0n) is 17.7. The summed E-state index contributed by atoms with van der Waals surface area (Å²) in [7, 11) is 3.37. The van der Waals surface area contributed by atoms with Crippen LogP contribution in [0.5, 0.6) is 11.5 Å². The largest absolute Gasteiger partial charge is 0.493 e. The van der Waals surface area contributed by atoms with Crippen LogP contribution in [0.1, 0.15) is 24.0 Å². The highest BCUT2D eigenvalue weighted by atomic mass is 16.5. The Bertz CT molecular complexity index is 738. The number of hydrogen-bond donors (Lipinski definition) is 1. The van der Waals surface area contributed by atoms with Crippen molar-refractivity contribution in [2.75, 3.05) is 47.0 Å². The quantitative estimate of drug-likeness (QED) is 0.666. The summed E-state index contributed by atoms with van der Waals surface area (Å²) in [5.74, 6) is 1.59. The van der Waals surface area contributed by atoms with E-state index in [1.54, 1.807) is 14.2 Å². The summed E-state index contributed by atoms with van der Waals surface area (Å²) >= 11 is 0. The molecule has 2 aromatic rings. The summed E-state index contributed by atoms with van der Waals surface area (Å²) in [6, 6.07) is 17.1. The Morgan fingerprint density at radius 1 is 1.00 bits per heavy atom. The molecule has 5 heteroatoms. The fourth-order valence-electron chi connectivity index (χ4n) is 4.27. The number of methoxy groups -OCH3 is 2. The van der Waals surface area contributed by atoms with Crippen molar-refractivity contribution in [2.24, 2.45) is 0 Å². The minimum absolute atomic E-state index is 0.232. The highest BCUT2D eigenvalue weighted by Crippen LogP contribution is 2.32. The molecule has 0 aliphatic carbocycles. The molecule has 0 amide bonds. The van der Waals surface area contributed by atoms with Gasteiger partial charge in [0, 0.05) is 44.4 Å². The third-order valence-electron chi connectivity index (χ3n) is 5.78. The van der Waals surface area contributed by atoms with Gasteiger partial charge in [0.2, 0.25) is 0 Å². The van der Waals surface area contributed by atoms with Gasteiger partial charge in [-0.25, -0.2) is 0 Å². The van der Waals surface area contributed by atoms with Gasteiger partial charge in [0.05, 0.1) is 14.2 Å². The Morgan fingerprint density at radius 2 is 1.83 bits per heavy atom.